The van der Waals surface area contributed by atoms with Gasteiger partial charge in [-0.05, 0) is 43.5 Å². The number of amides is 1. The molecule has 0 bridgehead atoms. The van der Waals surface area contributed by atoms with Gasteiger partial charge in [0.1, 0.15) is 0 Å². The van der Waals surface area contributed by atoms with Gasteiger partial charge in [-0.15, -0.1) is 0 Å². The maximum Gasteiger partial charge on any atom is 0.252 e. The fourth-order valence-corrected chi connectivity index (χ4v) is 3.06. The van der Waals surface area contributed by atoms with Gasteiger partial charge in [-0.3, -0.25) is 9.78 Å². The molecule has 0 radical (unpaired) electrons. The van der Waals surface area contributed by atoms with E-state index >= 15 is 0 Å². The van der Waals surface area contributed by atoms with Crippen LogP contribution in [0, 0.1) is 5.92 Å². The van der Waals surface area contributed by atoms with Crippen molar-refractivity contribution in [2.45, 2.75) is 25.3 Å². The Hall–Kier alpha value is -1.94. The highest BCUT2D eigenvalue weighted by atomic mass is 16.1. The quantitative estimate of drug-likeness (QED) is 0.896. The third-order valence-electron chi connectivity index (χ3n) is 4.17. The van der Waals surface area contributed by atoms with Gasteiger partial charge in [0.25, 0.3) is 5.91 Å². The largest absolute Gasteiger partial charge is 0.349 e. The first-order chi connectivity index (χ1) is 9.79. The van der Waals surface area contributed by atoms with Crippen molar-refractivity contribution in [1.82, 2.24) is 10.3 Å². The molecule has 4 heteroatoms. The SMILES string of the molecule is NCC1CCCC1NC(=O)c1cccc2ncccc12. The highest BCUT2D eigenvalue weighted by Crippen LogP contribution is 2.25. The number of pyridine rings is 1. The second-order valence-corrected chi connectivity index (χ2v) is 5.38. The van der Waals surface area contributed by atoms with Crippen molar-refractivity contribution in [1.29, 1.82) is 0 Å². The molecular formula is C16H19N3O. The van der Waals surface area contributed by atoms with Crippen LogP contribution in [0.4, 0.5) is 0 Å². The molecule has 3 rings (SSSR count). The van der Waals surface area contributed by atoms with Gasteiger partial charge in [-0.1, -0.05) is 18.6 Å². The number of fused-ring (bicyclic) bond motifs is 1. The molecule has 1 aromatic heterocycles. The summed E-state index contributed by atoms with van der Waals surface area (Å²) in [6, 6.07) is 9.65. The Morgan fingerprint density at radius 3 is 3.05 bits per heavy atom. The normalized spacial score (nSPS) is 22.1. The fourth-order valence-electron chi connectivity index (χ4n) is 3.06. The van der Waals surface area contributed by atoms with E-state index < -0.39 is 0 Å². The molecule has 1 fully saturated rings. The van der Waals surface area contributed by atoms with Crippen LogP contribution in [0.1, 0.15) is 29.6 Å². The molecule has 0 aliphatic heterocycles. The van der Waals surface area contributed by atoms with Gasteiger partial charge in [0.2, 0.25) is 0 Å². The van der Waals surface area contributed by atoms with E-state index in [2.05, 4.69) is 10.3 Å². The van der Waals surface area contributed by atoms with Crippen molar-refractivity contribution < 1.29 is 4.79 Å². The Morgan fingerprint density at radius 1 is 1.30 bits per heavy atom. The average molecular weight is 269 g/mol. The lowest BCUT2D eigenvalue weighted by Gasteiger charge is -2.19. The molecule has 0 spiro atoms. The second-order valence-electron chi connectivity index (χ2n) is 5.38. The number of nitrogens with two attached hydrogens (primary N) is 1. The van der Waals surface area contributed by atoms with Gasteiger partial charge in [0.15, 0.2) is 0 Å². The van der Waals surface area contributed by atoms with Crippen LogP contribution in [0.25, 0.3) is 10.9 Å². The van der Waals surface area contributed by atoms with E-state index in [4.69, 9.17) is 5.73 Å². The predicted octanol–water partition coefficient (Wildman–Crippen LogP) is 2.09. The Labute approximate surface area is 118 Å². The predicted molar refractivity (Wildman–Crippen MR) is 79.4 cm³/mol. The number of carbonyl (C=O) groups excluding carboxylic acids is 1. The van der Waals surface area contributed by atoms with E-state index in [1.807, 2.05) is 30.3 Å². The Bertz CT molecular complexity index is 621. The molecule has 2 aromatic rings. The zero-order valence-corrected chi connectivity index (χ0v) is 11.4. The van der Waals surface area contributed by atoms with Gasteiger partial charge >= 0.3 is 0 Å². The van der Waals surface area contributed by atoms with Crippen molar-refractivity contribution in [3.8, 4) is 0 Å². The molecule has 3 N–H and O–H groups in total. The summed E-state index contributed by atoms with van der Waals surface area (Å²) >= 11 is 0. The molecule has 1 amide bonds. The first-order valence-electron chi connectivity index (χ1n) is 7.14. The molecule has 1 aliphatic rings. The van der Waals surface area contributed by atoms with E-state index in [1.54, 1.807) is 6.20 Å². The zero-order valence-electron chi connectivity index (χ0n) is 11.4. The Balaban J connectivity index is 1.86. The second kappa shape index (κ2) is 5.59. The first-order valence-corrected chi connectivity index (χ1v) is 7.14. The highest BCUT2D eigenvalue weighted by molar-refractivity contribution is 6.06. The van der Waals surface area contributed by atoms with Crippen molar-refractivity contribution in [3.05, 3.63) is 42.1 Å². The summed E-state index contributed by atoms with van der Waals surface area (Å²) in [5, 5.41) is 4.04. The van der Waals surface area contributed by atoms with Crippen LogP contribution >= 0.6 is 0 Å². The van der Waals surface area contributed by atoms with Crippen molar-refractivity contribution >= 4 is 16.8 Å². The number of nitrogens with zero attached hydrogens (tertiary/aromatic N) is 1. The lowest BCUT2D eigenvalue weighted by Crippen LogP contribution is -2.39. The van der Waals surface area contributed by atoms with Crippen LogP contribution in [-0.4, -0.2) is 23.5 Å². The molecule has 2 unspecified atom stereocenters. The van der Waals surface area contributed by atoms with Crippen LogP contribution in [-0.2, 0) is 0 Å². The summed E-state index contributed by atoms with van der Waals surface area (Å²) in [6.07, 6.45) is 5.02. The van der Waals surface area contributed by atoms with Crippen LogP contribution in [0.3, 0.4) is 0 Å². The molecule has 1 aromatic carbocycles. The number of hydrogen-bond acceptors (Lipinski definition) is 3. The molecule has 20 heavy (non-hydrogen) atoms. The van der Waals surface area contributed by atoms with Crippen molar-refractivity contribution in [2.24, 2.45) is 11.7 Å². The molecule has 1 aliphatic carbocycles. The van der Waals surface area contributed by atoms with Crippen LogP contribution in [0.2, 0.25) is 0 Å². The zero-order chi connectivity index (χ0) is 13.9. The third-order valence-corrected chi connectivity index (χ3v) is 4.17. The Kier molecular flexibility index (Phi) is 3.65. The van der Waals surface area contributed by atoms with E-state index in [1.165, 1.54) is 0 Å². The number of nitrogens with one attached hydrogen (secondary N) is 1. The van der Waals surface area contributed by atoms with E-state index in [-0.39, 0.29) is 11.9 Å². The number of rotatable bonds is 3. The van der Waals surface area contributed by atoms with E-state index in [0.29, 0.717) is 18.0 Å². The highest BCUT2D eigenvalue weighted by Gasteiger charge is 2.27. The standard InChI is InChI=1S/C16H19N3O/c17-10-11-4-1-7-14(11)19-16(20)13-5-2-8-15-12(13)6-3-9-18-15/h2-3,5-6,8-9,11,14H,1,4,7,10,17H2,(H,19,20). The summed E-state index contributed by atoms with van der Waals surface area (Å²) in [6.45, 7) is 0.641. The molecule has 1 saturated carbocycles. The van der Waals surface area contributed by atoms with Gasteiger partial charge in [-0.25, -0.2) is 0 Å². The fraction of sp³-hybridized carbons (Fsp3) is 0.375. The Morgan fingerprint density at radius 2 is 2.20 bits per heavy atom. The number of hydrogen-bond donors (Lipinski definition) is 2. The summed E-state index contributed by atoms with van der Waals surface area (Å²) in [5.41, 5.74) is 7.31. The van der Waals surface area contributed by atoms with E-state index in [0.717, 1.165) is 30.2 Å². The van der Waals surface area contributed by atoms with Gasteiger partial charge in [0, 0.05) is 23.2 Å². The monoisotopic (exact) mass is 269 g/mol. The first kappa shape index (κ1) is 13.1. The number of carbonyl (C=O) groups is 1. The average Bonchev–Trinajstić information content (AvgIpc) is 2.93. The van der Waals surface area contributed by atoms with Crippen molar-refractivity contribution in [3.63, 3.8) is 0 Å². The minimum absolute atomic E-state index is 0.0195. The van der Waals surface area contributed by atoms with E-state index in [9.17, 15) is 4.79 Å². The van der Waals surface area contributed by atoms with Gasteiger partial charge in [0.05, 0.1) is 5.52 Å². The molecular weight excluding hydrogens is 250 g/mol. The molecule has 4 nitrogen and oxygen atoms in total. The molecule has 2 atom stereocenters. The van der Waals surface area contributed by atoms with Gasteiger partial charge in [-0.2, -0.15) is 0 Å². The summed E-state index contributed by atoms with van der Waals surface area (Å²) in [4.78, 5) is 16.8. The topological polar surface area (TPSA) is 68.0 Å². The summed E-state index contributed by atoms with van der Waals surface area (Å²) in [7, 11) is 0. The van der Waals surface area contributed by atoms with Crippen LogP contribution in [0.5, 0.6) is 0 Å². The van der Waals surface area contributed by atoms with Gasteiger partial charge < -0.3 is 11.1 Å². The van der Waals surface area contributed by atoms with Crippen molar-refractivity contribution in [2.75, 3.05) is 6.54 Å². The third kappa shape index (κ3) is 2.39. The molecule has 0 saturated heterocycles. The maximum atomic E-state index is 12.5. The summed E-state index contributed by atoms with van der Waals surface area (Å²) in [5.74, 6) is 0.390. The molecule has 104 valence electrons. The lowest BCUT2D eigenvalue weighted by atomic mass is 10.0. The molecule has 1 heterocycles. The minimum atomic E-state index is -0.0195. The van der Waals surface area contributed by atoms with Crippen LogP contribution < -0.4 is 11.1 Å². The van der Waals surface area contributed by atoms with Crippen LogP contribution in [0.15, 0.2) is 36.5 Å². The maximum absolute atomic E-state index is 12.5. The summed E-state index contributed by atoms with van der Waals surface area (Å²) < 4.78 is 0. The minimum Gasteiger partial charge on any atom is -0.349 e. The number of aromatic nitrogens is 1. The number of benzene rings is 1. The smallest absolute Gasteiger partial charge is 0.252 e. The lowest BCUT2D eigenvalue weighted by molar-refractivity contribution is 0.0930.